The molecule has 2 aliphatic carbocycles. The molecule has 0 fully saturated rings. The van der Waals surface area contributed by atoms with Crippen molar-refractivity contribution in [2.75, 3.05) is 0 Å². The van der Waals surface area contributed by atoms with E-state index in [0.29, 0.717) is 0 Å². The predicted octanol–water partition coefficient (Wildman–Crippen LogP) is 6.97. The molecule has 0 N–H and O–H groups in total. The molecule has 0 saturated heterocycles. The fourth-order valence-electron chi connectivity index (χ4n) is 4.13. The molecule has 0 saturated carbocycles. The van der Waals surface area contributed by atoms with Crippen molar-refractivity contribution in [3.8, 4) is 0 Å². The summed E-state index contributed by atoms with van der Waals surface area (Å²) in [5.74, 6) is 0.512. The summed E-state index contributed by atoms with van der Waals surface area (Å²) in [4.78, 5) is 0. The van der Waals surface area contributed by atoms with E-state index in [4.69, 9.17) is 23.2 Å². The molecular weight excluding hydrogens is 347 g/mol. The van der Waals surface area contributed by atoms with Gasteiger partial charge in [-0.15, -0.1) is 0 Å². The molecular formula is C19H26Cl2Ti. The van der Waals surface area contributed by atoms with E-state index in [-0.39, 0.29) is 39.0 Å². The largest absolute Gasteiger partial charge is 0.0882 e. The van der Waals surface area contributed by atoms with Gasteiger partial charge in [0.15, 0.2) is 0 Å². The summed E-state index contributed by atoms with van der Waals surface area (Å²) < 4.78 is 0. The first-order valence-corrected chi connectivity index (χ1v) is 8.37. The zero-order chi connectivity index (χ0) is 16.3. The van der Waals surface area contributed by atoms with Crippen molar-refractivity contribution in [3.63, 3.8) is 0 Å². The van der Waals surface area contributed by atoms with Crippen molar-refractivity contribution in [3.05, 3.63) is 43.5 Å². The van der Waals surface area contributed by atoms with E-state index in [1.165, 1.54) is 33.4 Å². The number of hydrogen-bond donors (Lipinski definition) is 0. The van der Waals surface area contributed by atoms with Crippen LogP contribution in [0.4, 0.5) is 0 Å². The zero-order valence-corrected chi connectivity index (χ0v) is 18.0. The van der Waals surface area contributed by atoms with Gasteiger partial charge in [0.1, 0.15) is 0 Å². The molecule has 0 aromatic carbocycles. The SMILES string of the molecule is CC1=C(C)C(C(C)(C)C2C(C)=C(C)C(C)=C2Cl)C(Cl)=C1C.[Ti]. The first kappa shape index (κ1) is 20.3. The summed E-state index contributed by atoms with van der Waals surface area (Å²) in [6, 6.07) is 0. The maximum Gasteiger partial charge on any atom is 0.0290 e. The van der Waals surface area contributed by atoms with Gasteiger partial charge >= 0.3 is 0 Å². The van der Waals surface area contributed by atoms with Crippen LogP contribution >= 0.6 is 23.2 Å². The van der Waals surface area contributed by atoms with Gasteiger partial charge in [0.25, 0.3) is 0 Å². The minimum Gasteiger partial charge on any atom is -0.0882 e. The summed E-state index contributed by atoms with van der Waals surface area (Å²) in [5.41, 5.74) is 7.91. The zero-order valence-electron chi connectivity index (χ0n) is 14.9. The minimum atomic E-state index is -0.0274. The van der Waals surface area contributed by atoms with E-state index in [1.54, 1.807) is 0 Å². The third-order valence-electron chi connectivity index (χ3n) is 5.89. The standard InChI is InChI=1S/C19H26Cl2.Ti/c1-9-11(3)15(17(20)13(9)5)19(7,8)16-12(4)10(2)14(6)18(16)21;/h15-16H,1-8H3;. The molecule has 0 aromatic heterocycles. The van der Waals surface area contributed by atoms with E-state index < -0.39 is 0 Å². The van der Waals surface area contributed by atoms with Crippen molar-refractivity contribution >= 4 is 23.2 Å². The third-order valence-corrected chi connectivity index (χ3v) is 6.89. The van der Waals surface area contributed by atoms with Crippen LogP contribution in [-0.2, 0) is 21.7 Å². The molecule has 0 spiro atoms. The Morgan fingerprint density at radius 3 is 1.09 bits per heavy atom. The molecule has 2 atom stereocenters. The van der Waals surface area contributed by atoms with Crippen LogP contribution in [0.5, 0.6) is 0 Å². The van der Waals surface area contributed by atoms with Crippen molar-refractivity contribution in [1.29, 1.82) is 0 Å². The van der Waals surface area contributed by atoms with Gasteiger partial charge in [-0.1, -0.05) is 48.2 Å². The fraction of sp³-hybridized carbons (Fsp3) is 0.579. The fourth-order valence-corrected chi connectivity index (χ4v) is 5.31. The Morgan fingerprint density at radius 1 is 0.636 bits per heavy atom. The van der Waals surface area contributed by atoms with Crippen LogP contribution in [0.1, 0.15) is 55.4 Å². The first-order chi connectivity index (χ1) is 9.53. The van der Waals surface area contributed by atoms with Gasteiger partial charge in [0.05, 0.1) is 0 Å². The Labute approximate surface area is 160 Å². The molecule has 0 radical (unpaired) electrons. The van der Waals surface area contributed by atoms with Gasteiger partial charge in [-0.3, -0.25) is 0 Å². The molecule has 0 amide bonds. The summed E-state index contributed by atoms with van der Waals surface area (Å²) in [5, 5.41) is 1.99. The Kier molecular flexibility index (Phi) is 6.12. The second-order valence-electron chi connectivity index (χ2n) is 7.25. The predicted molar refractivity (Wildman–Crippen MR) is 94.6 cm³/mol. The van der Waals surface area contributed by atoms with Crippen LogP contribution in [0.2, 0.25) is 0 Å². The Bertz CT molecular complexity index is 528. The molecule has 2 rings (SSSR count). The molecule has 2 aliphatic rings. The van der Waals surface area contributed by atoms with E-state index >= 15 is 0 Å². The number of hydrogen-bond acceptors (Lipinski definition) is 0. The monoisotopic (exact) mass is 372 g/mol. The van der Waals surface area contributed by atoms with Gasteiger partial charge in [0, 0.05) is 43.6 Å². The minimum absolute atomic E-state index is 0. The van der Waals surface area contributed by atoms with Crippen LogP contribution in [0.25, 0.3) is 0 Å². The maximum absolute atomic E-state index is 6.71. The molecule has 0 nitrogen and oxygen atoms in total. The molecule has 2 unspecified atom stereocenters. The molecule has 0 bridgehead atoms. The van der Waals surface area contributed by atoms with Crippen LogP contribution in [0.15, 0.2) is 43.5 Å². The molecule has 22 heavy (non-hydrogen) atoms. The topological polar surface area (TPSA) is 0 Å². The van der Waals surface area contributed by atoms with Crippen molar-refractivity contribution in [2.45, 2.75) is 55.4 Å². The van der Waals surface area contributed by atoms with Crippen molar-refractivity contribution in [2.24, 2.45) is 17.3 Å². The third kappa shape index (κ3) is 2.75. The molecule has 3 heteroatoms. The van der Waals surface area contributed by atoms with E-state index in [1.807, 2.05) is 0 Å². The average molecular weight is 373 g/mol. The Morgan fingerprint density at radius 2 is 0.909 bits per heavy atom. The summed E-state index contributed by atoms with van der Waals surface area (Å²) in [7, 11) is 0. The number of rotatable bonds is 2. The van der Waals surface area contributed by atoms with Crippen LogP contribution in [0.3, 0.4) is 0 Å². The second kappa shape index (κ2) is 6.63. The number of allylic oxidation sites excluding steroid dienone is 8. The molecule has 0 aromatic rings. The first-order valence-electron chi connectivity index (χ1n) is 7.61. The number of halogens is 2. The second-order valence-corrected chi connectivity index (χ2v) is 8.06. The summed E-state index contributed by atoms with van der Waals surface area (Å²) in [6.07, 6.45) is 0. The normalized spacial score (nSPS) is 26.5. The van der Waals surface area contributed by atoms with Gasteiger partial charge in [-0.2, -0.15) is 0 Å². The van der Waals surface area contributed by atoms with Gasteiger partial charge < -0.3 is 0 Å². The Hall–Kier alpha value is 0.254. The maximum atomic E-state index is 6.71. The van der Waals surface area contributed by atoms with Crippen LogP contribution in [0, 0.1) is 17.3 Å². The quantitative estimate of drug-likeness (QED) is 0.459. The van der Waals surface area contributed by atoms with E-state index in [9.17, 15) is 0 Å². The van der Waals surface area contributed by atoms with Gasteiger partial charge in [0.2, 0.25) is 0 Å². The van der Waals surface area contributed by atoms with E-state index in [2.05, 4.69) is 55.4 Å². The smallest absolute Gasteiger partial charge is 0.0290 e. The van der Waals surface area contributed by atoms with Crippen molar-refractivity contribution in [1.82, 2.24) is 0 Å². The van der Waals surface area contributed by atoms with Crippen LogP contribution < -0.4 is 0 Å². The van der Waals surface area contributed by atoms with Gasteiger partial charge in [-0.05, 0) is 69.2 Å². The summed E-state index contributed by atoms with van der Waals surface area (Å²) >= 11 is 13.4. The van der Waals surface area contributed by atoms with E-state index in [0.717, 1.165) is 10.1 Å². The van der Waals surface area contributed by atoms with Gasteiger partial charge in [-0.25, -0.2) is 0 Å². The summed E-state index contributed by atoms with van der Waals surface area (Å²) in [6.45, 7) is 17.6. The Balaban J connectivity index is 0.00000242. The molecule has 0 heterocycles. The van der Waals surface area contributed by atoms with Crippen LogP contribution in [-0.4, -0.2) is 0 Å². The molecule has 0 aliphatic heterocycles. The van der Waals surface area contributed by atoms with Crippen molar-refractivity contribution < 1.29 is 21.7 Å². The average Bonchev–Trinajstić information content (AvgIpc) is 2.72. The molecule has 120 valence electrons.